The first-order valence-corrected chi connectivity index (χ1v) is 6.85. The number of aliphatic imine (C=N–C) groups is 1. The predicted octanol–water partition coefficient (Wildman–Crippen LogP) is 1.95. The van der Waals surface area contributed by atoms with Crippen molar-refractivity contribution in [1.82, 2.24) is 0 Å². The molecule has 2 heterocycles. The van der Waals surface area contributed by atoms with Crippen molar-refractivity contribution < 1.29 is 27.8 Å². The molecule has 9 heteroatoms. The van der Waals surface area contributed by atoms with Crippen LogP contribution in [0.25, 0.3) is 0 Å². The van der Waals surface area contributed by atoms with Gasteiger partial charge in [-0.2, -0.15) is 0 Å². The summed E-state index contributed by atoms with van der Waals surface area (Å²) in [7, 11) is 0. The SMILES string of the molecule is C=NC[C@H]1CN(c2cc(F)c(N3CCOC3=O)c(F)c2)C(=O)O1. The van der Waals surface area contributed by atoms with Gasteiger partial charge in [0, 0.05) is 12.1 Å². The Balaban J connectivity index is 1.89. The second-order valence-corrected chi connectivity index (χ2v) is 5.05. The Hall–Kier alpha value is -2.71. The summed E-state index contributed by atoms with van der Waals surface area (Å²) in [6.45, 7) is 3.75. The number of rotatable bonds is 4. The highest BCUT2D eigenvalue weighted by Gasteiger charge is 2.34. The van der Waals surface area contributed by atoms with Gasteiger partial charge >= 0.3 is 12.2 Å². The lowest BCUT2D eigenvalue weighted by Crippen LogP contribution is -2.28. The molecule has 23 heavy (non-hydrogen) atoms. The van der Waals surface area contributed by atoms with Crippen molar-refractivity contribution >= 4 is 30.3 Å². The molecular formula is C14H13F2N3O4. The number of carbonyl (C=O) groups is 2. The fraction of sp³-hybridized carbons (Fsp3) is 0.357. The number of hydrogen-bond donors (Lipinski definition) is 0. The van der Waals surface area contributed by atoms with Gasteiger partial charge in [-0.15, -0.1) is 0 Å². The molecule has 0 aliphatic carbocycles. The van der Waals surface area contributed by atoms with Gasteiger partial charge in [-0.3, -0.25) is 14.8 Å². The molecule has 3 rings (SSSR count). The van der Waals surface area contributed by atoms with Crippen molar-refractivity contribution in [3.8, 4) is 0 Å². The van der Waals surface area contributed by atoms with Gasteiger partial charge in [0.05, 0.1) is 25.3 Å². The molecule has 0 aromatic heterocycles. The Labute approximate surface area is 130 Å². The average Bonchev–Trinajstić information content (AvgIpc) is 3.05. The molecule has 0 unspecified atom stereocenters. The minimum Gasteiger partial charge on any atom is -0.447 e. The van der Waals surface area contributed by atoms with Gasteiger partial charge in [0.15, 0.2) is 11.6 Å². The van der Waals surface area contributed by atoms with Crippen LogP contribution in [-0.2, 0) is 9.47 Å². The van der Waals surface area contributed by atoms with Gasteiger partial charge in [0.2, 0.25) is 0 Å². The van der Waals surface area contributed by atoms with Crippen LogP contribution in [0, 0.1) is 11.6 Å². The molecule has 2 saturated heterocycles. The van der Waals surface area contributed by atoms with Crippen molar-refractivity contribution in [2.75, 3.05) is 36.0 Å². The number of halogens is 2. The van der Waals surface area contributed by atoms with E-state index in [1.165, 1.54) is 0 Å². The number of cyclic esters (lactones) is 2. The van der Waals surface area contributed by atoms with E-state index in [2.05, 4.69) is 16.4 Å². The molecule has 1 atom stereocenters. The zero-order valence-electron chi connectivity index (χ0n) is 12.0. The summed E-state index contributed by atoms with van der Waals surface area (Å²) < 4.78 is 38.2. The number of hydrogen-bond acceptors (Lipinski definition) is 5. The van der Waals surface area contributed by atoms with E-state index in [0.717, 1.165) is 21.9 Å². The largest absolute Gasteiger partial charge is 0.447 e. The van der Waals surface area contributed by atoms with Crippen molar-refractivity contribution in [2.24, 2.45) is 4.99 Å². The molecule has 0 spiro atoms. The van der Waals surface area contributed by atoms with Crippen LogP contribution in [0.3, 0.4) is 0 Å². The van der Waals surface area contributed by atoms with Gasteiger partial charge in [0.25, 0.3) is 0 Å². The Bertz CT molecular complexity index is 659. The van der Waals surface area contributed by atoms with E-state index in [1.54, 1.807) is 0 Å². The van der Waals surface area contributed by atoms with Crippen LogP contribution in [0.2, 0.25) is 0 Å². The summed E-state index contributed by atoms with van der Waals surface area (Å²) in [5.74, 6) is -1.92. The maximum Gasteiger partial charge on any atom is 0.414 e. The number of anilines is 2. The minimum atomic E-state index is -0.961. The second-order valence-electron chi connectivity index (χ2n) is 5.05. The highest BCUT2D eigenvalue weighted by Crippen LogP contribution is 2.32. The summed E-state index contributed by atoms with van der Waals surface area (Å²) in [6, 6.07) is 1.96. The van der Waals surface area contributed by atoms with E-state index in [1.807, 2.05) is 0 Å². The fourth-order valence-corrected chi connectivity index (χ4v) is 2.53. The summed E-state index contributed by atoms with van der Waals surface area (Å²) in [5, 5.41) is 0. The molecule has 7 nitrogen and oxygen atoms in total. The summed E-state index contributed by atoms with van der Waals surface area (Å²) >= 11 is 0. The number of amides is 2. The Morgan fingerprint density at radius 3 is 2.48 bits per heavy atom. The lowest BCUT2D eigenvalue weighted by molar-refractivity contribution is 0.145. The number of benzene rings is 1. The highest BCUT2D eigenvalue weighted by atomic mass is 19.1. The molecule has 0 saturated carbocycles. The third kappa shape index (κ3) is 2.69. The topological polar surface area (TPSA) is 71.4 Å². The maximum absolute atomic E-state index is 14.3. The van der Waals surface area contributed by atoms with Crippen molar-refractivity contribution in [2.45, 2.75) is 6.10 Å². The summed E-state index contributed by atoms with van der Waals surface area (Å²) in [6.07, 6.45) is -2.04. The van der Waals surface area contributed by atoms with E-state index >= 15 is 0 Å². The van der Waals surface area contributed by atoms with Gasteiger partial charge in [-0.05, 0) is 6.72 Å². The first-order valence-electron chi connectivity index (χ1n) is 6.85. The Morgan fingerprint density at radius 2 is 1.91 bits per heavy atom. The van der Waals surface area contributed by atoms with Crippen LogP contribution in [0.4, 0.5) is 29.7 Å². The van der Waals surface area contributed by atoms with E-state index in [-0.39, 0.29) is 31.9 Å². The highest BCUT2D eigenvalue weighted by molar-refractivity contribution is 5.92. The summed E-state index contributed by atoms with van der Waals surface area (Å²) in [4.78, 5) is 28.9. The lowest BCUT2D eigenvalue weighted by Gasteiger charge is -2.18. The molecule has 2 fully saturated rings. The number of nitrogens with zero attached hydrogens (tertiary/aromatic N) is 3. The molecule has 0 N–H and O–H groups in total. The molecule has 2 amide bonds. The van der Waals surface area contributed by atoms with Crippen LogP contribution in [0.15, 0.2) is 17.1 Å². The molecule has 0 bridgehead atoms. The first-order chi connectivity index (χ1) is 11.0. The molecule has 2 aliphatic rings. The zero-order chi connectivity index (χ0) is 16.6. The van der Waals surface area contributed by atoms with E-state index < -0.39 is 35.6 Å². The lowest BCUT2D eigenvalue weighted by atomic mass is 10.2. The Kier molecular flexibility index (Phi) is 3.85. The second kappa shape index (κ2) is 5.82. The van der Waals surface area contributed by atoms with Crippen LogP contribution in [-0.4, -0.2) is 51.2 Å². The predicted molar refractivity (Wildman–Crippen MR) is 77.1 cm³/mol. The third-order valence-electron chi connectivity index (χ3n) is 3.55. The van der Waals surface area contributed by atoms with Crippen LogP contribution in [0.1, 0.15) is 0 Å². The monoisotopic (exact) mass is 325 g/mol. The normalized spacial score (nSPS) is 20.7. The smallest absolute Gasteiger partial charge is 0.414 e. The summed E-state index contributed by atoms with van der Waals surface area (Å²) in [5.41, 5.74) is -0.485. The van der Waals surface area contributed by atoms with Crippen molar-refractivity contribution in [1.29, 1.82) is 0 Å². The van der Waals surface area contributed by atoms with E-state index in [4.69, 9.17) is 4.74 Å². The van der Waals surface area contributed by atoms with Crippen molar-refractivity contribution in [3.05, 3.63) is 23.8 Å². The molecule has 2 aliphatic heterocycles. The van der Waals surface area contributed by atoms with E-state index in [0.29, 0.717) is 0 Å². The average molecular weight is 325 g/mol. The fourth-order valence-electron chi connectivity index (χ4n) is 2.53. The maximum atomic E-state index is 14.3. The number of ether oxygens (including phenoxy) is 2. The van der Waals surface area contributed by atoms with Crippen LogP contribution >= 0.6 is 0 Å². The molecule has 0 radical (unpaired) electrons. The third-order valence-corrected chi connectivity index (χ3v) is 3.55. The molecule has 1 aromatic rings. The molecule has 122 valence electrons. The minimum absolute atomic E-state index is 0.00729. The van der Waals surface area contributed by atoms with Gasteiger partial charge in [-0.1, -0.05) is 0 Å². The van der Waals surface area contributed by atoms with Gasteiger partial charge < -0.3 is 9.47 Å². The Morgan fingerprint density at radius 1 is 1.22 bits per heavy atom. The van der Waals surface area contributed by atoms with Crippen LogP contribution in [0.5, 0.6) is 0 Å². The van der Waals surface area contributed by atoms with Gasteiger partial charge in [-0.25, -0.2) is 18.4 Å². The quantitative estimate of drug-likeness (QED) is 0.793. The standard InChI is InChI=1S/C14H13F2N3O4/c1-17-6-9-7-19(14(21)23-9)8-4-10(15)12(11(16)5-8)18-2-3-22-13(18)20/h4-5,9H,1-3,6-7H2/t9-/m0/s1. The number of carbonyl (C=O) groups excluding carboxylic acids is 2. The zero-order valence-corrected chi connectivity index (χ0v) is 12.0. The molecular weight excluding hydrogens is 312 g/mol. The molecule has 1 aromatic carbocycles. The van der Waals surface area contributed by atoms with Crippen LogP contribution < -0.4 is 9.80 Å². The van der Waals surface area contributed by atoms with Crippen molar-refractivity contribution in [3.63, 3.8) is 0 Å². The first kappa shape index (κ1) is 15.2. The van der Waals surface area contributed by atoms with Gasteiger partial charge in [0.1, 0.15) is 18.4 Å². The van der Waals surface area contributed by atoms with E-state index in [9.17, 15) is 18.4 Å².